The first-order valence-electron chi connectivity index (χ1n) is 7.16. The van der Waals surface area contributed by atoms with E-state index in [4.69, 9.17) is 10.5 Å². The minimum absolute atomic E-state index is 0.155. The number of hydrogen-bond acceptors (Lipinski definition) is 3. The summed E-state index contributed by atoms with van der Waals surface area (Å²) in [6.45, 7) is 4.63. The minimum Gasteiger partial charge on any atom is -0.487 e. The molecule has 1 aromatic heterocycles. The maximum Gasteiger partial charge on any atom is 0.137 e. The first-order valence-corrected chi connectivity index (χ1v) is 7.95. The van der Waals surface area contributed by atoms with Gasteiger partial charge in [-0.05, 0) is 59.0 Å². The van der Waals surface area contributed by atoms with Crippen molar-refractivity contribution in [3.63, 3.8) is 0 Å². The molecule has 1 aromatic carbocycles. The quantitative estimate of drug-likeness (QED) is 0.857. The molecule has 0 aliphatic rings. The minimum atomic E-state index is 0.155. The summed E-state index contributed by atoms with van der Waals surface area (Å²) in [7, 11) is 0. The van der Waals surface area contributed by atoms with Crippen LogP contribution in [0.2, 0.25) is 0 Å². The number of rotatable bonds is 6. The lowest BCUT2D eigenvalue weighted by Gasteiger charge is -2.16. The van der Waals surface area contributed by atoms with Crippen LogP contribution < -0.4 is 10.5 Å². The SMILES string of the molecule is CCC(N)Cc1cccc(Br)c1OCc1cncc(C)c1. The van der Waals surface area contributed by atoms with E-state index in [1.165, 1.54) is 0 Å². The average Bonchev–Trinajstić information content (AvgIpc) is 2.46. The van der Waals surface area contributed by atoms with E-state index < -0.39 is 0 Å². The number of nitrogens with zero attached hydrogens (tertiary/aromatic N) is 1. The molecule has 21 heavy (non-hydrogen) atoms. The van der Waals surface area contributed by atoms with Gasteiger partial charge in [-0.1, -0.05) is 19.1 Å². The van der Waals surface area contributed by atoms with Gasteiger partial charge in [-0.15, -0.1) is 0 Å². The van der Waals surface area contributed by atoms with E-state index in [1.807, 2.05) is 31.5 Å². The van der Waals surface area contributed by atoms with Crippen LogP contribution in [-0.4, -0.2) is 11.0 Å². The third-order valence-electron chi connectivity index (χ3n) is 3.37. The van der Waals surface area contributed by atoms with Crippen LogP contribution in [0.3, 0.4) is 0 Å². The Kier molecular flexibility index (Phi) is 5.76. The Balaban J connectivity index is 2.15. The molecule has 0 bridgehead atoms. The van der Waals surface area contributed by atoms with Crippen molar-refractivity contribution in [2.45, 2.75) is 39.3 Å². The van der Waals surface area contributed by atoms with E-state index in [-0.39, 0.29) is 6.04 Å². The lowest BCUT2D eigenvalue weighted by molar-refractivity contribution is 0.299. The van der Waals surface area contributed by atoms with Crippen LogP contribution in [0.1, 0.15) is 30.0 Å². The molecule has 0 fully saturated rings. The van der Waals surface area contributed by atoms with Gasteiger partial charge in [0, 0.05) is 24.0 Å². The van der Waals surface area contributed by atoms with E-state index in [2.05, 4.69) is 40.0 Å². The first kappa shape index (κ1) is 16.0. The number of halogens is 1. The molecular formula is C17H21BrN2O. The highest BCUT2D eigenvalue weighted by molar-refractivity contribution is 9.10. The van der Waals surface area contributed by atoms with Gasteiger partial charge in [0.25, 0.3) is 0 Å². The molecule has 0 aliphatic carbocycles. The first-order chi connectivity index (χ1) is 10.1. The maximum atomic E-state index is 6.07. The Bertz CT molecular complexity index is 601. The van der Waals surface area contributed by atoms with Crippen LogP contribution in [0.5, 0.6) is 5.75 Å². The standard InChI is InChI=1S/C17H21BrN2O/c1-3-15(19)8-14-5-4-6-16(18)17(14)21-11-13-7-12(2)9-20-10-13/h4-7,9-10,15H,3,8,11,19H2,1-2H3. The number of nitrogens with two attached hydrogens (primary N) is 1. The lowest BCUT2D eigenvalue weighted by Crippen LogP contribution is -2.21. The molecular weight excluding hydrogens is 328 g/mol. The van der Waals surface area contributed by atoms with Gasteiger partial charge in [-0.3, -0.25) is 4.98 Å². The van der Waals surface area contributed by atoms with E-state index in [0.29, 0.717) is 6.61 Å². The van der Waals surface area contributed by atoms with Crippen LogP contribution in [0.25, 0.3) is 0 Å². The molecule has 2 aromatic rings. The third kappa shape index (κ3) is 4.55. The zero-order chi connectivity index (χ0) is 15.2. The monoisotopic (exact) mass is 348 g/mol. The van der Waals surface area contributed by atoms with Crippen molar-refractivity contribution in [3.8, 4) is 5.75 Å². The van der Waals surface area contributed by atoms with Crippen molar-refractivity contribution in [2.75, 3.05) is 0 Å². The fraction of sp³-hybridized carbons (Fsp3) is 0.353. The Labute approximate surface area is 134 Å². The van der Waals surface area contributed by atoms with Crippen LogP contribution in [0.4, 0.5) is 0 Å². The number of ether oxygens (including phenoxy) is 1. The van der Waals surface area contributed by atoms with Gasteiger partial charge in [0.05, 0.1) is 4.47 Å². The van der Waals surface area contributed by atoms with Crippen molar-refractivity contribution < 1.29 is 4.74 Å². The highest BCUT2D eigenvalue weighted by atomic mass is 79.9. The zero-order valence-corrected chi connectivity index (χ0v) is 14.1. The summed E-state index contributed by atoms with van der Waals surface area (Å²) in [5.41, 5.74) is 9.41. The second-order valence-corrected chi connectivity index (χ2v) is 6.11. The van der Waals surface area contributed by atoms with Crippen molar-refractivity contribution in [1.29, 1.82) is 0 Å². The molecule has 4 heteroatoms. The van der Waals surface area contributed by atoms with Crippen molar-refractivity contribution in [1.82, 2.24) is 4.98 Å². The summed E-state index contributed by atoms with van der Waals surface area (Å²) in [5, 5.41) is 0. The fourth-order valence-electron chi connectivity index (χ4n) is 2.15. The van der Waals surface area contributed by atoms with E-state index in [0.717, 1.165) is 39.8 Å². The van der Waals surface area contributed by atoms with Gasteiger partial charge in [0.2, 0.25) is 0 Å². The van der Waals surface area contributed by atoms with Gasteiger partial charge < -0.3 is 10.5 Å². The molecule has 1 atom stereocenters. The fourth-order valence-corrected chi connectivity index (χ4v) is 2.68. The van der Waals surface area contributed by atoms with Gasteiger partial charge in [0.15, 0.2) is 0 Å². The van der Waals surface area contributed by atoms with E-state index >= 15 is 0 Å². The Morgan fingerprint density at radius 2 is 2.14 bits per heavy atom. The van der Waals surface area contributed by atoms with E-state index in [9.17, 15) is 0 Å². The average molecular weight is 349 g/mol. The molecule has 0 amide bonds. The van der Waals surface area contributed by atoms with Gasteiger partial charge >= 0.3 is 0 Å². The van der Waals surface area contributed by atoms with Crippen molar-refractivity contribution >= 4 is 15.9 Å². The van der Waals surface area contributed by atoms with Crippen LogP contribution >= 0.6 is 15.9 Å². The normalized spacial score (nSPS) is 12.2. The smallest absolute Gasteiger partial charge is 0.137 e. The van der Waals surface area contributed by atoms with Crippen molar-refractivity contribution in [3.05, 3.63) is 57.8 Å². The maximum absolute atomic E-state index is 6.07. The second kappa shape index (κ2) is 7.57. The molecule has 3 nitrogen and oxygen atoms in total. The Morgan fingerprint density at radius 3 is 2.86 bits per heavy atom. The summed E-state index contributed by atoms with van der Waals surface area (Å²) in [4.78, 5) is 4.19. The number of benzene rings is 1. The predicted molar refractivity (Wildman–Crippen MR) is 89.4 cm³/mol. The van der Waals surface area contributed by atoms with E-state index in [1.54, 1.807) is 0 Å². The zero-order valence-electron chi connectivity index (χ0n) is 12.5. The van der Waals surface area contributed by atoms with Gasteiger partial charge in [-0.25, -0.2) is 0 Å². The number of pyridine rings is 1. The highest BCUT2D eigenvalue weighted by Crippen LogP contribution is 2.30. The Hall–Kier alpha value is -1.39. The number of para-hydroxylation sites is 1. The van der Waals surface area contributed by atoms with Gasteiger partial charge in [-0.2, -0.15) is 0 Å². The Morgan fingerprint density at radius 1 is 1.33 bits per heavy atom. The largest absolute Gasteiger partial charge is 0.487 e. The lowest BCUT2D eigenvalue weighted by atomic mass is 10.0. The number of aryl methyl sites for hydroxylation is 1. The molecule has 1 heterocycles. The molecule has 0 aliphatic heterocycles. The molecule has 0 radical (unpaired) electrons. The summed E-state index contributed by atoms with van der Waals surface area (Å²) in [6.07, 6.45) is 5.44. The molecule has 0 saturated heterocycles. The summed E-state index contributed by atoms with van der Waals surface area (Å²) < 4.78 is 6.97. The highest BCUT2D eigenvalue weighted by Gasteiger charge is 2.11. The van der Waals surface area contributed by atoms with Crippen LogP contribution in [-0.2, 0) is 13.0 Å². The molecule has 112 valence electrons. The number of aromatic nitrogens is 1. The van der Waals surface area contributed by atoms with Crippen LogP contribution in [0.15, 0.2) is 41.1 Å². The summed E-state index contributed by atoms with van der Waals surface area (Å²) in [6, 6.07) is 8.32. The topological polar surface area (TPSA) is 48.1 Å². The van der Waals surface area contributed by atoms with Crippen molar-refractivity contribution in [2.24, 2.45) is 5.73 Å². The summed E-state index contributed by atoms with van der Waals surface area (Å²) >= 11 is 3.57. The predicted octanol–water partition coefficient (Wildman–Crippen LogP) is 4.01. The van der Waals surface area contributed by atoms with Gasteiger partial charge in [0.1, 0.15) is 12.4 Å². The molecule has 0 saturated carbocycles. The second-order valence-electron chi connectivity index (χ2n) is 5.26. The molecule has 0 spiro atoms. The molecule has 2 N–H and O–H groups in total. The third-order valence-corrected chi connectivity index (χ3v) is 3.99. The number of hydrogen-bond donors (Lipinski definition) is 1. The van der Waals surface area contributed by atoms with Crippen LogP contribution in [0, 0.1) is 6.92 Å². The summed E-state index contributed by atoms with van der Waals surface area (Å²) in [5.74, 6) is 0.878. The molecule has 1 unspecified atom stereocenters. The molecule has 2 rings (SSSR count).